The second-order valence-electron chi connectivity index (χ2n) is 5.58. The van der Waals surface area contributed by atoms with Gasteiger partial charge in [0.15, 0.2) is 0 Å². The van der Waals surface area contributed by atoms with Gasteiger partial charge in [-0.25, -0.2) is 13.8 Å². The van der Waals surface area contributed by atoms with Crippen molar-refractivity contribution in [3.8, 4) is 0 Å². The largest absolute Gasteiger partial charge is 0.346 e. The minimum absolute atomic E-state index is 0.0356. The number of piperidine rings is 1. The molecule has 2 N–H and O–H groups in total. The van der Waals surface area contributed by atoms with Crippen LogP contribution in [0.4, 0.5) is 8.78 Å². The molecule has 1 atom stereocenters. The van der Waals surface area contributed by atoms with Crippen molar-refractivity contribution < 1.29 is 18.9 Å². The predicted molar refractivity (Wildman–Crippen MR) is 73.4 cm³/mol. The Morgan fingerprint density at radius 2 is 1.86 bits per heavy atom. The lowest BCUT2D eigenvalue weighted by Gasteiger charge is -2.27. The molecule has 1 amide bonds. The van der Waals surface area contributed by atoms with Gasteiger partial charge in [0, 0.05) is 31.5 Å². The van der Waals surface area contributed by atoms with Crippen molar-refractivity contribution >= 4 is 12.1 Å². The second-order valence-corrected chi connectivity index (χ2v) is 5.58. The van der Waals surface area contributed by atoms with Crippen LogP contribution in [0.15, 0.2) is 23.3 Å². The number of hydrazone groups is 1. The van der Waals surface area contributed by atoms with E-state index in [2.05, 4.69) is 10.4 Å². The van der Waals surface area contributed by atoms with E-state index in [0.29, 0.717) is 12.0 Å². The van der Waals surface area contributed by atoms with Gasteiger partial charge in [-0.2, -0.15) is 5.10 Å². The molecular formula is C15H18F2N3O+. The fraction of sp³-hybridized carbons (Fsp3) is 0.467. The minimum Gasteiger partial charge on any atom is -0.346 e. The molecule has 0 saturated carbocycles. The van der Waals surface area contributed by atoms with E-state index < -0.39 is 17.7 Å². The highest BCUT2D eigenvalue weighted by atomic mass is 19.1. The average molecular weight is 294 g/mol. The van der Waals surface area contributed by atoms with E-state index in [9.17, 15) is 13.6 Å². The van der Waals surface area contributed by atoms with Gasteiger partial charge in [-0.05, 0) is 17.7 Å². The fourth-order valence-electron chi connectivity index (χ4n) is 3.03. The number of rotatable bonds is 2. The summed E-state index contributed by atoms with van der Waals surface area (Å²) in [6.07, 6.45) is 3.79. The number of hydrogen-bond acceptors (Lipinski definition) is 2. The summed E-state index contributed by atoms with van der Waals surface area (Å²) in [7, 11) is 0. The second kappa shape index (κ2) is 5.89. The highest BCUT2D eigenvalue weighted by Gasteiger charge is 2.34. The first-order valence-electron chi connectivity index (χ1n) is 7.28. The molecule has 2 aliphatic rings. The standard InChI is InChI=1S/C15H17F2N3O/c16-12-7-11(8-13(17)9-12)14-3-6-19-20(14)15(21)10-1-4-18-5-2-10/h6-10,14,18H,1-5H2/p+1. The SMILES string of the molecule is O=C(C1CC[NH2+]CC1)N1N=CCC1c1cc(F)cc(F)c1. The summed E-state index contributed by atoms with van der Waals surface area (Å²) in [5.74, 6) is -1.33. The van der Waals surface area contributed by atoms with Gasteiger partial charge < -0.3 is 5.32 Å². The lowest BCUT2D eigenvalue weighted by Crippen LogP contribution is -2.86. The van der Waals surface area contributed by atoms with E-state index in [1.807, 2.05) is 0 Å². The van der Waals surface area contributed by atoms with Crippen LogP contribution in [-0.4, -0.2) is 30.2 Å². The van der Waals surface area contributed by atoms with Crippen molar-refractivity contribution in [1.82, 2.24) is 5.01 Å². The Labute approximate surface area is 121 Å². The number of benzene rings is 1. The van der Waals surface area contributed by atoms with Gasteiger partial charge in [0.05, 0.1) is 25.0 Å². The molecule has 21 heavy (non-hydrogen) atoms. The van der Waals surface area contributed by atoms with E-state index in [1.54, 1.807) is 6.21 Å². The van der Waals surface area contributed by atoms with Crippen molar-refractivity contribution in [3.63, 3.8) is 0 Å². The van der Waals surface area contributed by atoms with E-state index >= 15 is 0 Å². The molecule has 3 rings (SSSR count). The first kappa shape index (κ1) is 14.1. The highest BCUT2D eigenvalue weighted by molar-refractivity contribution is 5.82. The summed E-state index contributed by atoms with van der Waals surface area (Å²) < 4.78 is 26.8. The number of carbonyl (C=O) groups is 1. The molecule has 6 heteroatoms. The summed E-state index contributed by atoms with van der Waals surface area (Å²) >= 11 is 0. The van der Waals surface area contributed by atoms with Crippen LogP contribution in [0.5, 0.6) is 0 Å². The Kier molecular flexibility index (Phi) is 3.96. The van der Waals surface area contributed by atoms with Gasteiger partial charge >= 0.3 is 0 Å². The molecule has 0 aliphatic carbocycles. The van der Waals surface area contributed by atoms with Crippen LogP contribution in [0, 0.1) is 17.6 Å². The lowest BCUT2D eigenvalue weighted by atomic mass is 9.95. The van der Waals surface area contributed by atoms with Crippen LogP contribution in [-0.2, 0) is 4.79 Å². The molecule has 1 aromatic rings. The Morgan fingerprint density at radius 3 is 2.52 bits per heavy atom. The Hall–Kier alpha value is -1.82. The third-order valence-electron chi connectivity index (χ3n) is 4.11. The highest BCUT2D eigenvalue weighted by Crippen LogP contribution is 2.31. The van der Waals surface area contributed by atoms with Crippen LogP contribution >= 0.6 is 0 Å². The quantitative estimate of drug-likeness (QED) is 0.875. The zero-order valence-corrected chi connectivity index (χ0v) is 11.6. The molecule has 112 valence electrons. The van der Waals surface area contributed by atoms with Crippen LogP contribution in [0.2, 0.25) is 0 Å². The number of hydrogen-bond donors (Lipinski definition) is 1. The van der Waals surface area contributed by atoms with Crippen LogP contribution in [0.1, 0.15) is 30.9 Å². The van der Waals surface area contributed by atoms with Gasteiger partial charge in [0.2, 0.25) is 5.91 Å². The molecule has 0 bridgehead atoms. The number of carbonyl (C=O) groups excluding carboxylic acids is 1. The van der Waals surface area contributed by atoms with E-state index in [4.69, 9.17) is 0 Å². The first-order valence-corrected chi connectivity index (χ1v) is 7.28. The zero-order chi connectivity index (χ0) is 14.8. The number of nitrogens with zero attached hydrogens (tertiary/aromatic N) is 2. The molecule has 4 nitrogen and oxygen atoms in total. The number of halogens is 2. The molecule has 2 heterocycles. The summed E-state index contributed by atoms with van der Waals surface area (Å²) in [5.41, 5.74) is 0.459. The number of amides is 1. The Bertz CT molecular complexity index is 550. The molecular weight excluding hydrogens is 276 g/mol. The Morgan fingerprint density at radius 1 is 1.19 bits per heavy atom. The molecule has 1 aromatic carbocycles. The molecule has 1 unspecified atom stereocenters. The summed E-state index contributed by atoms with van der Waals surface area (Å²) in [6.45, 7) is 1.88. The van der Waals surface area contributed by atoms with Gasteiger partial charge in [0.25, 0.3) is 0 Å². The smallest absolute Gasteiger partial charge is 0.246 e. The summed E-state index contributed by atoms with van der Waals surface area (Å²) in [6, 6.07) is 2.99. The van der Waals surface area contributed by atoms with Crippen molar-refractivity contribution in [2.75, 3.05) is 13.1 Å². The molecule has 0 aromatic heterocycles. The lowest BCUT2D eigenvalue weighted by molar-refractivity contribution is -0.664. The molecule has 0 radical (unpaired) electrons. The molecule has 2 aliphatic heterocycles. The van der Waals surface area contributed by atoms with E-state index in [-0.39, 0.29) is 11.8 Å². The Balaban J connectivity index is 1.81. The van der Waals surface area contributed by atoms with Gasteiger partial charge in [-0.15, -0.1) is 0 Å². The summed E-state index contributed by atoms with van der Waals surface area (Å²) in [4.78, 5) is 12.6. The van der Waals surface area contributed by atoms with Crippen molar-refractivity contribution in [2.24, 2.45) is 11.0 Å². The maximum atomic E-state index is 13.4. The summed E-state index contributed by atoms with van der Waals surface area (Å²) in [5, 5.41) is 7.73. The number of nitrogens with two attached hydrogens (primary N) is 1. The van der Waals surface area contributed by atoms with Gasteiger partial charge in [-0.3, -0.25) is 4.79 Å². The van der Waals surface area contributed by atoms with Gasteiger partial charge in [0.1, 0.15) is 11.6 Å². The van der Waals surface area contributed by atoms with Gasteiger partial charge in [-0.1, -0.05) is 0 Å². The average Bonchev–Trinajstić information content (AvgIpc) is 2.96. The van der Waals surface area contributed by atoms with Crippen molar-refractivity contribution in [2.45, 2.75) is 25.3 Å². The van der Waals surface area contributed by atoms with Crippen LogP contribution in [0.25, 0.3) is 0 Å². The van der Waals surface area contributed by atoms with Crippen LogP contribution in [0.3, 0.4) is 0 Å². The zero-order valence-electron chi connectivity index (χ0n) is 11.6. The third-order valence-corrected chi connectivity index (χ3v) is 4.11. The molecule has 1 fully saturated rings. The monoisotopic (exact) mass is 294 g/mol. The first-order chi connectivity index (χ1) is 10.1. The normalized spacial score (nSPS) is 22.8. The minimum atomic E-state index is -0.628. The maximum Gasteiger partial charge on any atom is 0.246 e. The predicted octanol–water partition coefficient (Wildman–Crippen LogP) is 1.20. The van der Waals surface area contributed by atoms with E-state index in [1.165, 1.54) is 17.1 Å². The fourth-order valence-corrected chi connectivity index (χ4v) is 3.03. The van der Waals surface area contributed by atoms with Crippen molar-refractivity contribution in [3.05, 3.63) is 35.4 Å². The third kappa shape index (κ3) is 2.95. The topological polar surface area (TPSA) is 49.3 Å². The molecule has 1 saturated heterocycles. The number of quaternary nitrogens is 1. The van der Waals surface area contributed by atoms with Crippen molar-refractivity contribution in [1.29, 1.82) is 0 Å². The van der Waals surface area contributed by atoms with Crippen LogP contribution < -0.4 is 5.32 Å². The van der Waals surface area contributed by atoms with E-state index in [0.717, 1.165) is 32.0 Å². The maximum absolute atomic E-state index is 13.4. The molecule has 0 spiro atoms.